The Balaban J connectivity index is 0.965. The lowest BCUT2D eigenvalue weighted by Gasteiger charge is -2.22. The zero-order valence-electron chi connectivity index (χ0n) is 31.6. The normalized spacial score (nSPS) is 16.1. The Morgan fingerprint density at radius 2 is 1.49 bits per heavy atom. The molecule has 0 aliphatic carbocycles. The molecule has 2 heterocycles. The molecule has 1 aliphatic heterocycles. The predicted octanol–water partition coefficient (Wildman–Crippen LogP) is 8.69. The lowest BCUT2D eigenvalue weighted by atomic mass is 10.1. The predicted molar refractivity (Wildman–Crippen MR) is 203 cm³/mol. The number of fused-ring (bicyclic) bond motifs is 1. The summed E-state index contributed by atoms with van der Waals surface area (Å²) in [6, 6.07) is 8.43. The molecule has 18 nitrogen and oxygen atoms in total. The maximum atomic E-state index is 13.7. The summed E-state index contributed by atoms with van der Waals surface area (Å²) in [5, 5.41) is 35.5. The van der Waals surface area contributed by atoms with E-state index in [0.29, 0.717) is 43.9 Å². The van der Waals surface area contributed by atoms with Crippen molar-refractivity contribution in [2.45, 2.75) is 109 Å². The number of carbonyl (C=O) groups excluding carboxylic acids is 1. The molecule has 2 N–H and O–H groups in total. The third-order valence-corrected chi connectivity index (χ3v) is 10.8. The van der Waals surface area contributed by atoms with E-state index in [1.165, 1.54) is 30.3 Å². The number of aromatic nitrogens is 2. The largest absolute Gasteiger partial charge is 0.450 e. The smallest absolute Gasteiger partial charge is 0.407 e. The third kappa shape index (κ3) is 15.3. The topological polar surface area (TPSA) is 230 Å². The van der Waals surface area contributed by atoms with Gasteiger partial charge in [-0.1, -0.05) is 57.8 Å². The summed E-state index contributed by atoms with van der Waals surface area (Å²) in [5.41, 5.74) is 0.848. The Kier molecular flexibility index (Phi) is 17.5. The minimum atomic E-state index is -3.56. The number of unbranched alkanes of at least 4 members (excludes halogenated alkanes) is 11. The summed E-state index contributed by atoms with van der Waals surface area (Å²) >= 11 is 0. The highest BCUT2D eigenvalue weighted by atomic mass is 31.2. The molecule has 19 heteroatoms. The number of hydrogen-bond donors (Lipinski definition) is 2. The van der Waals surface area contributed by atoms with Crippen LogP contribution in [0.15, 0.2) is 41.0 Å². The first-order chi connectivity index (χ1) is 26.4. The highest BCUT2D eigenvalue weighted by Gasteiger charge is 2.35. The molecule has 0 spiro atoms. The molecule has 2 atom stereocenters. The third-order valence-electron chi connectivity index (χ3n) is 8.91. The van der Waals surface area contributed by atoms with Crippen LogP contribution in [0, 0.1) is 20.2 Å². The van der Waals surface area contributed by atoms with Crippen LogP contribution in [0.5, 0.6) is 5.75 Å². The number of non-ortho nitro benzene ring substituents is 2. The summed E-state index contributed by atoms with van der Waals surface area (Å²) in [7, 11) is -3.56. The first-order valence-electron chi connectivity index (χ1n) is 19.0. The second-order valence-corrected chi connectivity index (χ2v) is 16.0. The van der Waals surface area contributed by atoms with Crippen molar-refractivity contribution in [2.24, 2.45) is 0 Å². The second-order valence-electron chi connectivity index (χ2n) is 13.9. The van der Waals surface area contributed by atoms with E-state index in [-0.39, 0.29) is 41.5 Å². The van der Waals surface area contributed by atoms with Gasteiger partial charge in [-0.15, -0.1) is 0 Å². The average molecular weight is 793 g/mol. The maximum Gasteiger partial charge on any atom is 0.407 e. The zero-order valence-corrected chi connectivity index (χ0v) is 32.5. The number of benzene rings is 2. The van der Waals surface area contributed by atoms with Gasteiger partial charge in [-0.05, 0) is 68.0 Å². The molecular weight excluding hydrogens is 739 g/mol. The van der Waals surface area contributed by atoms with Crippen molar-refractivity contribution in [1.82, 2.24) is 15.6 Å². The molecule has 2 aromatic carbocycles. The van der Waals surface area contributed by atoms with Gasteiger partial charge in [0.05, 0.1) is 41.5 Å². The van der Waals surface area contributed by atoms with Gasteiger partial charge in [0.25, 0.3) is 5.69 Å². The van der Waals surface area contributed by atoms with Gasteiger partial charge in [0.15, 0.2) is 11.3 Å². The van der Waals surface area contributed by atoms with Crippen molar-refractivity contribution in [1.29, 1.82) is 0 Å². The molecule has 0 bridgehead atoms. The maximum absolute atomic E-state index is 13.7. The molecule has 1 aromatic heterocycles. The number of nitro groups is 2. The van der Waals surface area contributed by atoms with Gasteiger partial charge in [-0.25, -0.2) is 14.0 Å². The van der Waals surface area contributed by atoms with Crippen LogP contribution in [0.2, 0.25) is 0 Å². The number of nitrogens with zero attached hydrogens (tertiary/aromatic N) is 4. The van der Waals surface area contributed by atoms with Crippen LogP contribution in [0.1, 0.15) is 97.3 Å². The number of amides is 1. The lowest BCUT2D eigenvalue weighted by molar-refractivity contribution is -0.384. The molecule has 1 fully saturated rings. The van der Waals surface area contributed by atoms with Crippen LogP contribution in [0.3, 0.4) is 0 Å². The number of nitro benzene ring substituents is 2. The van der Waals surface area contributed by atoms with Crippen molar-refractivity contribution >= 4 is 41.8 Å². The van der Waals surface area contributed by atoms with E-state index in [2.05, 4.69) is 25.6 Å². The number of carbonyl (C=O) groups is 1. The molecule has 55 heavy (non-hydrogen) atoms. The Hall–Kier alpha value is -4.38. The number of nitrogens with one attached hydrogen (secondary N) is 2. The Bertz CT molecular complexity index is 1710. The summed E-state index contributed by atoms with van der Waals surface area (Å²) in [6.07, 6.45) is 11.6. The number of ether oxygens (including phenoxy) is 3. The zero-order chi connectivity index (χ0) is 39.5. The van der Waals surface area contributed by atoms with Crippen LogP contribution in [0.25, 0.3) is 11.0 Å². The molecule has 1 unspecified atom stereocenters. The summed E-state index contributed by atoms with van der Waals surface area (Å²) in [6.45, 7) is 5.56. The van der Waals surface area contributed by atoms with Crippen LogP contribution in [0.4, 0.5) is 21.9 Å². The Labute approximate surface area is 320 Å². The molecule has 0 saturated carbocycles. The van der Waals surface area contributed by atoms with E-state index in [9.17, 15) is 29.6 Å². The number of rotatable bonds is 27. The van der Waals surface area contributed by atoms with Crippen molar-refractivity contribution in [3.8, 4) is 5.75 Å². The highest BCUT2D eigenvalue weighted by Crippen LogP contribution is 2.50. The van der Waals surface area contributed by atoms with Gasteiger partial charge in [-0.2, -0.15) is 0 Å². The fourth-order valence-corrected chi connectivity index (χ4v) is 7.71. The SMILES string of the molecule is CC1(C)OC[C@H](COP(=O)(CCCCCCCCCCCOC(=O)NCCCCCCNc2ccc([N+](=O)[O-])c3nonc23)Oc2ccc([N+](=O)[O-])cc2)O1. The van der Waals surface area contributed by atoms with Gasteiger partial charge in [-0.3, -0.25) is 24.8 Å². The minimum Gasteiger partial charge on any atom is -0.450 e. The van der Waals surface area contributed by atoms with Gasteiger partial charge >= 0.3 is 19.4 Å². The first kappa shape index (κ1) is 43.3. The molecule has 1 aliphatic rings. The second kappa shape index (κ2) is 22.2. The van der Waals surface area contributed by atoms with Gasteiger partial charge < -0.3 is 29.4 Å². The quantitative estimate of drug-likeness (QED) is 0.0318. The van der Waals surface area contributed by atoms with E-state index in [1.54, 1.807) is 19.9 Å². The van der Waals surface area contributed by atoms with Crippen molar-refractivity contribution in [3.63, 3.8) is 0 Å². The van der Waals surface area contributed by atoms with Gasteiger partial charge in [0.1, 0.15) is 11.9 Å². The van der Waals surface area contributed by atoms with E-state index < -0.39 is 29.3 Å². The molecule has 1 saturated heterocycles. The number of alkyl carbamates (subject to hydrolysis) is 1. The molecule has 1 amide bonds. The average Bonchev–Trinajstić information content (AvgIpc) is 3.79. The minimum absolute atomic E-state index is 0.0494. The standard InChI is InChI=1S/C36H53N6O12P/c1-36(2)50-26-30(52-36)27-51-55(48,53-29-18-16-28(17-19-29)41(44)45)25-15-11-7-5-3-4-6-10-14-24-49-35(43)38-23-13-9-8-12-22-37-31-20-21-32(42(46)47)34-33(31)39-54-40-34/h16-21,30,37H,3-15,22-27H2,1-2H3,(H,38,43)/t30-,55?/m1/s1. The summed E-state index contributed by atoms with van der Waals surface area (Å²) in [5.74, 6) is -0.490. The van der Waals surface area contributed by atoms with Crippen molar-refractivity contribution in [3.05, 3.63) is 56.6 Å². The molecule has 304 valence electrons. The fraction of sp³-hybridized carbons (Fsp3) is 0.639. The Morgan fingerprint density at radius 3 is 2.15 bits per heavy atom. The van der Waals surface area contributed by atoms with E-state index in [0.717, 1.165) is 77.0 Å². The summed E-state index contributed by atoms with van der Waals surface area (Å²) < 4.78 is 46.6. The van der Waals surface area contributed by atoms with Crippen LogP contribution < -0.4 is 15.2 Å². The van der Waals surface area contributed by atoms with Crippen molar-refractivity contribution in [2.75, 3.05) is 44.4 Å². The van der Waals surface area contributed by atoms with Crippen molar-refractivity contribution < 1.29 is 47.1 Å². The molecular formula is C36H53N6O12P. The first-order valence-corrected chi connectivity index (χ1v) is 20.7. The molecule has 3 aromatic rings. The van der Waals surface area contributed by atoms with Crippen LogP contribution in [-0.4, -0.2) is 77.2 Å². The van der Waals surface area contributed by atoms with Gasteiger partial charge in [0.2, 0.25) is 5.52 Å². The van der Waals surface area contributed by atoms with E-state index >= 15 is 0 Å². The van der Waals surface area contributed by atoms with Crippen LogP contribution in [-0.2, 0) is 23.3 Å². The highest BCUT2D eigenvalue weighted by molar-refractivity contribution is 7.54. The van der Waals surface area contributed by atoms with Crippen LogP contribution >= 0.6 is 7.60 Å². The Morgan fingerprint density at radius 1 is 0.855 bits per heavy atom. The molecule has 4 rings (SSSR count). The summed E-state index contributed by atoms with van der Waals surface area (Å²) in [4.78, 5) is 33.1. The van der Waals surface area contributed by atoms with E-state index in [1.807, 2.05) is 0 Å². The van der Waals surface area contributed by atoms with E-state index in [4.69, 9.17) is 23.3 Å². The number of anilines is 1. The molecule has 0 radical (unpaired) electrons. The van der Waals surface area contributed by atoms with Gasteiger partial charge in [0, 0.05) is 31.3 Å². The lowest BCUT2D eigenvalue weighted by Crippen LogP contribution is -2.25. The fourth-order valence-electron chi connectivity index (χ4n) is 5.99. The monoisotopic (exact) mass is 792 g/mol. The number of hydrogen-bond acceptors (Lipinski definition) is 15.